The summed E-state index contributed by atoms with van der Waals surface area (Å²) >= 11 is 3.36. The second-order valence-electron chi connectivity index (χ2n) is 3.92. The lowest BCUT2D eigenvalue weighted by atomic mass is 10.2. The van der Waals surface area contributed by atoms with E-state index in [1.807, 2.05) is 30.3 Å². The van der Waals surface area contributed by atoms with Gasteiger partial charge in [-0.2, -0.15) is 0 Å². The first-order chi connectivity index (χ1) is 9.21. The summed E-state index contributed by atoms with van der Waals surface area (Å²) < 4.78 is 11.4. The van der Waals surface area contributed by atoms with Gasteiger partial charge in [0.15, 0.2) is 0 Å². The van der Waals surface area contributed by atoms with E-state index in [0.29, 0.717) is 6.54 Å². The van der Waals surface area contributed by atoms with Gasteiger partial charge in [0.25, 0.3) is 0 Å². The van der Waals surface area contributed by atoms with Crippen LogP contribution in [-0.2, 0) is 6.54 Å². The number of nitrogens with zero attached hydrogens (tertiary/aromatic N) is 1. The van der Waals surface area contributed by atoms with Crippen LogP contribution in [0.5, 0.6) is 11.5 Å². The molecular weight excluding hydrogens is 308 g/mol. The molecule has 0 unspecified atom stereocenters. The number of methoxy groups -OCH3 is 2. The van der Waals surface area contributed by atoms with Crippen molar-refractivity contribution in [3.63, 3.8) is 0 Å². The summed E-state index contributed by atoms with van der Waals surface area (Å²) in [5.74, 6) is 1.51. The van der Waals surface area contributed by atoms with E-state index in [2.05, 4.69) is 26.2 Å². The standard InChI is InChI=1S/C14H15BrN2O2/c1-18-13-5-12(6-14(7-13)19-2)17-9-11-4-3-10(15)8-16-11/h3-8,17H,9H2,1-2H3. The first kappa shape index (κ1) is 13.7. The van der Waals surface area contributed by atoms with Crippen LogP contribution in [0.25, 0.3) is 0 Å². The van der Waals surface area contributed by atoms with E-state index in [9.17, 15) is 0 Å². The number of anilines is 1. The van der Waals surface area contributed by atoms with Crippen LogP contribution in [0, 0.1) is 0 Å². The molecule has 0 atom stereocenters. The third-order valence-corrected chi connectivity index (χ3v) is 3.08. The molecule has 0 aliphatic carbocycles. The molecule has 1 N–H and O–H groups in total. The fourth-order valence-corrected chi connectivity index (χ4v) is 1.85. The molecule has 0 amide bonds. The molecule has 1 aromatic heterocycles. The number of rotatable bonds is 5. The Morgan fingerprint density at radius 1 is 1.11 bits per heavy atom. The van der Waals surface area contributed by atoms with Gasteiger partial charge in [0.2, 0.25) is 0 Å². The maximum atomic E-state index is 5.22. The molecule has 0 bridgehead atoms. The van der Waals surface area contributed by atoms with Crippen molar-refractivity contribution in [3.8, 4) is 11.5 Å². The molecule has 2 rings (SSSR count). The molecule has 19 heavy (non-hydrogen) atoms. The average Bonchev–Trinajstić information content (AvgIpc) is 2.46. The van der Waals surface area contributed by atoms with Crippen LogP contribution in [0.1, 0.15) is 5.69 Å². The number of pyridine rings is 1. The van der Waals surface area contributed by atoms with Gasteiger partial charge >= 0.3 is 0 Å². The molecule has 0 saturated heterocycles. The normalized spacial score (nSPS) is 10.1. The fraction of sp³-hybridized carbons (Fsp3) is 0.214. The van der Waals surface area contributed by atoms with Crippen molar-refractivity contribution in [1.29, 1.82) is 0 Å². The molecule has 0 aliphatic rings. The second-order valence-corrected chi connectivity index (χ2v) is 4.84. The van der Waals surface area contributed by atoms with Gasteiger partial charge < -0.3 is 14.8 Å². The first-order valence-corrected chi connectivity index (χ1v) is 6.58. The monoisotopic (exact) mass is 322 g/mol. The van der Waals surface area contributed by atoms with Crippen LogP contribution in [0.15, 0.2) is 41.0 Å². The van der Waals surface area contributed by atoms with E-state index in [1.165, 1.54) is 0 Å². The van der Waals surface area contributed by atoms with Gasteiger partial charge in [-0.15, -0.1) is 0 Å². The minimum atomic E-state index is 0.642. The number of halogens is 1. The van der Waals surface area contributed by atoms with E-state index >= 15 is 0 Å². The molecule has 100 valence electrons. The number of nitrogens with one attached hydrogen (secondary N) is 1. The predicted octanol–water partition coefficient (Wildman–Crippen LogP) is 3.47. The van der Waals surface area contributed by atoms with E-state index in [4.69, 9.17) is 9.47 Å². The van der Waals surface area contributed by atoms with E-state index in [-0.39, 0.29) is 0 Å². The number of aromatic nitrogens is 1. The number of hydrogen-bond acceptors (Lipinski definition) is 4. The van der Waals surface area contributed by atoms with Crippen LogP contribution < -0.4 is 14.8 Å². The van der Waals surface area contributed by atoms with E-state index in [1.54, 1.807) is 20.4 Å². The molecule has 0 aliphatic heterocycles. The minimum absolute atomic E-state index is 0.642. The Balaban J connectivity index is 2.08. The summed E-state index contributed by atoms with van der Waals surface area (Å²) in [6.45, 7) is 0.642. The van der Waals surface area contributed by atoms with Crippen molar-refractivity contribution in [2.45, 2.75) is 6.54 Å². The van der Waals surface area contributed by atoms with Crippen LogP contribution in [0.4, 0.5) is 5.69 Å². The van der Waals surface area contributed by atoms with Crippen molar-refractivity contribution in [2.75, 3.05) is 19.5 Å². The van der Waals surface area contributed by atoms with Crippen molar-refractivity contribution >= 4 is 21.6 Å². The first-order valence-electron chi connectivity index (χ1n) is 5.78. The Morgan fingerprint density at radius 3 is 2.32 bits per heavy atom. The molecule has 4 nitrogen and oxygen atoms in total. The third-order valence-electron chi connectivity index (χ3n) is 2.61. The molecule has 0 spiro atoms. The quantitative estimate of drug-likeness (QED) is 0.915. The molecule has 1 heterocycles. The van der Waals surface area contributed by atoms with E-state index < -0.39 is 0 Å². The van der Waals surface area contributed by atoms with Crippen molar-refractivity contribution in [3.05, 3.63) is 46.7 Å². The molecule has 1 aromatic carbocycles. The second kappa shape index (κ2) is 6.43. The molecule has 0 fully saturated rings. The van der Waals surface area contributed by atoms with E-state index in [0.717, 1.165) is 27.4 Å². The molecule has 0 radical (unpaired) electrons. The molecule has 2 aromatic rings. The highest BCUT2D eigenvalue weighted by Gasteiger charge is 2.02. The van der Waals surface area contributed by atoms with Crippen molar-refractivity contribution in [2.24, 2.45) is 0 Å². The summed E-state index contributed by atoms with van der Waals surface area (Å²) in [7, 11) is 3.27. The average molecular weight is 323 g/mol. The Kier molecular flexibility index (Phi) is 4.63. The van der Waals surface area contributed by atoms with Crippen molar-refractivity contribution in [1.82, 2.24) is 4.98 Å². The fourth-order valence-electron chi connectivity index (χ4n) is 1.61. The van der Waals surface area contributed by atoms with Crippen LogP contribution >= 0.6 is 15.9 Å². The summed E-state index contributed by atoms with van der Waals surface area (Å²) in [4.78, 5) is 4.31. The van der Waals surface area contributed by atoms with Gasteiger partial charge in [0.1, 0.15) is 11.5 Å². The van der Waals surface area contributed by atoms with Gasteiger partial charge in [0, 0.05) is 34.6 Å². The van der Waals surface area contributed by atoms with Crippen LogP contribution in [0.3, 0.4) is 0 Å². The molecule has 0 saturated carbocycles. The summed E-state index contributed by atoms with van der Waals surface area (Å²) in [6.07, 6.45) is 1.78. The Morgan fingerprint density at radius 2 is 1.79 bits per heavy atom. The van der Waals surface area contributed by atoms with Gasteiger partial charge in [-0.05, 0) is 28.1 Å². The summed E-state index contributed by atoms with van der Waals surface area (Å²) in [6, 6.07) is 9.61. The zero-order chi connectivity index (χ0) is 13.7. The number of benzene rings is 1. The van der Waals surface area contributed by atoms with Crippen LogP contribution in [0.2, 0.25) is 0 Å². The number of hydrogen-bond donors (Lipinski definition) is 1. The highest BCUT2D eigenvalue weighted by Crippen LogP contribution is 2.26. The topological polar surface area (TPSA) is 43.4 Å². The SMILES string of the molecule is COc1cc(NCc2ccc(Br)cn2)cc(OC)c1. The van der Waals surface area contributed by atoms with Crippen molar-refractivity contribution < 1.29 is 9.47 Å². The lowest BCUT2D eigenvalue weighted by Crippen LogP contribution is -2.02. The molecular formula is C14H15BrN2O2. The Labute approximate surface area is 120 Å². The van der Waals surface area contributed by atoms with Gasteiger partial charge in [-0.3, -0.25) is 4.98 Å². The highest BCUT2D eigenvalue weighted by atomic mass is 79.9. The van der Waals surface area contributed by atoms with Gasteiger partial charge in [-0.1, -0.05) is 0 Å². The maximum absolute atomic E-state index is 5.22. The maximum Gasteiger partial charge on any atom is 0.124 e. The lowest BCUT2D eigenvalue weighted by molar-refractivity contribution is 0.394. The Hall–Kier alpha value is -1.75. The predicted molar refractivity (Wildman–Crippen MR) is 78.8 cm³/mol. The lowest BCUT2D eigenvalue weighted by Gasteiger charge is -2.10. The smallest absolute Gasteiger partial charge is 0.124 e. The minimum Gasteiger partial charge on any atom is -0.497 e. The highest BCUT2D eigenvalue weighted by molar-refractivity contribution is 9.10. The third kappa shape index (κ3) is 3.86. The summed E-state index contributed by atoms with van der Waals surface area (Å²) in [5.41, 5.74) is 1.89. The molecule has 5 heteroatoms. The number of ether oxygens (including phenoxy) is 2. The summed E-state index contributed by atoms with van der Waals surface area (Å²) in [5, 5.41) is 3.29. The van der Waals surface area contributed by atoms with Gasteiger partial charge in [-0.25, -0.2) is 0 Å². The largest absolute Gasteiger partial charge is 0.497 e. The zero-order valence-electron chi connectivity index (χ0n) is 10.8. The van der Waals surface area contributed by atoms with Crippen LogP contribution in [-0.4, -0.2) is 19.2 Å². The Bertz CT molecular complexity index is 521. The zero-order valence-corrected chi connectivity index (χ0v) is 12.4. The van der Waals surface area contributed by atoms with Gasteiger partial charge in [0.05, 0.1) is 26.5 Å².